The number of fused-ring (bicyclic) bond motifs is 1. The third-order valence-corrected chi connectivity index (χ3v) is 2.96. The van der Waals surface area contributed by atoms with Crippen LogP contribution in [-0.4, -0.2) is 21.4 Å². The molecule has 2 N–H and O–H groups in total. The van der Waals surface area contributed by atoms with Crippen LogP contribution in [0.25, 0.3) is 10.9 Å². The van der Waals surface area contributed by atoms with E-state index in [1.54, 1.807) is 18.2 Å². The van der Waals surface area contributed by atoms with Crippen molar-refractivity contribution in [2.24, 2.45) is 0 Å². The molecule has 1 heterocycles. The van der Waals surface area contributed by atoms with Gasteiger partial charge in [-0.3, -0.25) is 4.79 Å². The van der Waals surface area contributed by atoms with E-state index in [9.17, 15) is 9.59 Å². The highest BCUT2D eigenvalue weighted by Crippen LogP contribution is 2.10. The number of alkyl halides is 1. The van der Waals surface area contributed by atoms with E-state index in [-0.39, 0.29) is 5.56 Å². The number of benzene rings is 1. The van der Waals surface area contributed by atoms with E-state index in [4.69, 9.17) is 5.11 Å². The molecule has 96 valence electrons. The zero-order chi connectivity index (χ0) is 13.8. The average molecular weight is 320 g/mol. The zero-order valence-corrected chi connectivity index (χ0v) is 11.5. The van der Waals surface area contributed by atoms with E-state index in [2.05, 4.69) is 32.8 Å². The predicted octanol–water partition coefficient (Wildman–Crippen LogP) is 2.36. The number of nitrogens with one attached hydrogen (secondary N) is 1. The first-order chi connectivity index (χ1) is 9.13. The number of rotatable bonds is 2. The van der Waals surface area contributed by atoms with Crippen LogP contribution in [0.15, 0.2) is 29.2 Å². The summed E-state index contributed by atoms with van der Waals surface area (Å²) in [6, 6.07) is 5.05. The molecule has 0 saturated carbocycles. The molecular weight excluding hydrogens is 310 g/mol. The highest BCUT2D eigenvalue weighted by molar-refractivity contribution is 9.09. The summed E-state index contributed by atoms with van der Waals surface area (Å²) >= 11 is 3.29. The normalized spacial score (nSPS) is 9.95. The van der Waals surface area contributed by atoms with E-state index < -0.39 is 11.4 Å². The number of aromatic amines is 1. The van der Waals surface area contributed by atoms with Crippen molar-refractivity contribution < 1.29 is 9.90 Å². The van der Waals surface area contributed by atoms with Gasteiger partial charge in [0.15, 0.2) is 0 Å². The third kappa shape index (κ3) is 2.85. The van der Waals surface area contributed by atoms with Crippen LogP contribution in [0.2, 0.25) is 0 Å². The van der Waals surface area contributed by atoms with E-state index in [1.165, 1.54) is 6.20 Å². The van der Waals surface area contributed by atoms with E-state index in [0.29, 0.717) is 10.9 Å². The van der Waals surface area contributed by atoms with Gasteiger partial charge in [-0.05, 0) is 18.2 Å². The quantitative estimate of drug-likeness (QED) is 0.659. The smallest absolute Gasteiger partial charge is 0.341 e. The fourth-order valence-electron chi connectivity index (χ4n) is 1.67. The fraction of sp³-hybridized carbons (Fsp3) is 0.143. The van der Waals surface area contributed by atoms with Crippen LogP contribution >= 0.6 is 15.9 Å². The van der Waals surface area contributed by atoms with Crippen molar-refractivity contribution in [1.82, 2.24) is 4.98 Å². The molecule has 4 nitrogen and oxygen atoms in total. The Morgan fingerprint density at radius 1 is 1.42 bits per heavy atom. The molecule has 1 aromatic carbocycles. The second-order valence-corrected chi connectivity index (χ2v) is 4.63. The van der Waals surface area contributed by atoms with Crippen molar-refractivity contribution in [3.05, 3.63) is 45.7 Å². The zero-order valence-electron chi connectivity index (χ0n) is 9.87. The summed E-state index contributed by atoms with van der Waals surface area (Å²) < 4.78 is 0. The van der Waals surface area contributed by atoms with Crippen LogP contribution in [0.4, 0.5) is 0 Å². The highest BCUT2D eigenvalue weighted by atomic mass is 79.9. The van der Waals surface area contributed by atoms with Crippen LogP contribution in [0.1, 0.15) is 22.3 Å². The molecule has 0 aliphatic carbocycles. The number of pyridine rings is 1. The van der Waals surface area contributed by atoms with Crippen LogP contribution in [0, 0.1) is 11.8 Å². The second kappa shape index (κ2) is 5.72. The van der Waals surface area contributed by atoms with Crippen molar-refractivity contribution >= 4 is 32.8 Å². The summed E-state index contributed by atoms with van der Waals surface area (Å²) in [6.45, 7) is 0. The maximum Gasteiger partial charge on any atom is 0.341 e. The molecule has 0 saturated heterocycles. The standard InChI is InChI=1S/C14H10BrNO3/c15-6-2-1-3-9-4-5-10-12(7-9)16-8-11(13(10)17)14(18)19/h4-5,7-8H,2,6H2,(H,16,17)(H,18,19). The van der Waals surface area contributed by atoms with Crippen molar-refractivity contribution in [2.75, 3.05) is 5.33 Å². The summed E-state index contributed by atoms with van der Waals surface area (Å²) in [6.07, 6.45) is 1.95. The van der Waals surface area contributed by atoms with Gasteiger partial charge in [0, 0.05) is 28.9 Å². The molecular formula is C14H10BrNO3. The van der Waals surface area contributed by atoms with Crippen LogP contribution in [0.5, 0.6) is 0 Å². The minimum Gasteiger partial charge on any atom is -0.477 e. The molecule has 0 unspecified atom stereocenters. The molecule has 2 rings (SSSR count). The average Bonchev–Trinajstić information content (AvgIpc) is 2.39. The maximum atomic E-state index is 11.9. The molecule has 0 spiro atoms. The van der Waals surface area contributed by atoms with E-state index >= 15 is 0 Å². The van der Waals surface area contributed by atoms with Gasteiger partial charge in [-0.15, -0.1) is 0 Å². The lowest BCUT2D eigenvalue weighted by Crippen LogP contribution is -2.15. The number of carbonyl (C=O) groups is 1. The van der Waals surface area contributed by atoms with E-state index in [1.807, 2.05) is 0 Å². The molecule has 0 amide bonds. The summed E-state index contributed by atoms with van der Waals surface area (Å²) in [4.78, 5) is 25.6. The molecule has 0 fully saturated rings. The lowest BCUT2D eigenvalue weighted by atomic mass is 10.1. The Morgan fingerprint density at radius 3 is 2.89 bits per heavy atom. The van der Waals surface area contributed by atoms with Crippen molar-refractivity contribution in [2.45, 2.75) is 6.42 Å². The first-order valence-corrected chi connectivity index (χ1v) is 6.69. The van der Waals surface area contributed by atoms with Crippen molar-refractivity contribution in [1.29, 1.82) is 0 Å². The molecule has 19 heavy (non-hydrogen) atoms. The lowest BCUT2D eigenvalue weighted by Gasteiger charge is -2.00. The Balaban J connectivity index is 2.53. The Labute approximate surface area is 117 Å². The monoisotopic (exact) mass is 319 g/mol. The van der Waals surface area contributed by atoms with Crippen molar-refractivity contribution in [3.63, 3.8) is 0 Å². The number of halogens is 1. The topological polar surface area (TPSA) is 70.2 Å². The van der Waals surface area contributed by atoms with Crippen LogP contribution in [-0.2, 0) is 0 Å². The van der Waals surface area contributed by atoms with Gasteiger partial charge in [0.05, 0.1) is 5.52 Å². The van der Waals surface area contributed by atoms with Gasteiger partial charge in [0.25, 0.3) is 0 Å². The molecule has 0 radical (unpaired) electrons. The van der Waals surface area contributed by atoms with Crippen LogP contribution in [0.3, 0.4) is 0 Å². The maximum absolute atomic E-state index is 11.9. The number of aromatic carboxylic acids is 1. The second-order valence-electron chi connectivity index (χ2n) is 3.84. The Kier molecular flexibility index (Phi) is 4.03. The van der Waals surface area contributed by atoms with E-state index in [0.717, 1.165) is 17.3 Å². The Hall–Kier alpha value is -2.06. The number of hydrogen-bond acceptors (Lipinski definition) is 2. The molecule has 0 bridgehead atoms. The molecule has 2 aromatic rings. The number of aromatic nitrogens is 1. The van der Waals surface area contributed by atoms with Gasteiger partial charge in [-0.1, -0.05) is 27.8 Å². The summed E-state index contributed by atoms with van der Waals surface area (Å²) in [7, 11) is 0. The first kappa shape index (κ1) is 13.4. The summed E-state index contributed by atoms with van der Waals surface area (Å²) in [5, 5.41) is 10.0. The fourth-order valence-corrected chi connectivity index (χ4v) is 1.87. The van der Waals surface area contributed by atoms with Gasteiger partial charge in [-0.25, -0.2) is 4.79 Å². The minimum atomic E-state index is -1.23. The number of H-pyrrole nitrogens is 1. The van der Waals surface area contributed by atoms with Gasteiger partial charge in [0.1, 0.15) is 5.56 Å². The number of hydrogen-bond donors (Lipinski definition) is 2. The SMILES string of the molecule is O=C(O)c1c[nH]c2cc(C#CCCBr)ccc2c1=O. The molecule has 0 aliphatic rings. The summed E-state index contributed by atoms with van der Waals surface area (Å²) in [5.41, 5.74) is 0.625. The van der Waals surface area contributed by atoms with Crippen molar-refractivity contribution in [3.8, 4) is 11.8 Å². The minimum absolute atomic E-state index is 0.259. The molecule has 5 heteroatoms. The van der Waals surface area contributed by atoms with Crippen LogP contribution < -0.4 is 5.43 Å². The Morgan fingerprint density at radius 2 is 2.21 bits per heavy atom. The highest BCUT2D eigenvalue weighted by Gasteiger charge is 2.11. The summed E-state index contributed by atoms with van der Waals surface area (Å²) in [5.74, 6) is 4.72. The van der Waals surface area contributed by atoms with Gasteiger partial charge < -0.3 is 10.1 Å². The molecule has 1 aromatic heterocycles. The lowest BCUT2D eigenvalue weighted by molar-refractivity contribution is 0.0695. The van der Waals surface area contributed by atoms with Gasteiger partial charge in [-0.2, -0.15) is 0 Å². The Bertz CT molecular complexity index is 753. The third-order valence-electron chi connectivity index (χ3n) is 2.56. The number of carboxylic acid groups (broad SMARTS) is 1. The molecule has 0 aliphatic heterocycles. The first-order valence-electron chi connectivity index (χ1n) is 5.57. The predicted molar refractivity (Wildman–Crippen MR) is 76.8 cm³/mol. The van der Waals surface area contributed by atoms with Gasteiger partial charge >= 0.3 is 5.97 Å². The molecule has 0 atom stereocenters. The largest absolute Gasteiger partial charge is 0.477 e. The van der Waals surface area contributed by atoms with Gasteiger partial charge in [0.2, 0.25) is 5.43 Å². The number of carboxylic acids is 1.